The van der Waals surface area contributed by atoms with Crippen molar-refractivity contribution in [3.8, 4) is 0 Å². The molecule has 6 rings (SSSR count). The molecule has 8 unspecified atom stereocenters. The first-order valence-corrected chi connectivity index (χ1v) is 19.1. The standard InChI is InChI=1S/C43H61BO4/c1-29(2)34-22-25-43(39(45)48-28-31-12-9-8-10-13-31)27-26-42(7)37(38(34)43)21-20-35-30(3)14-19-36(32-15-17-33(18-16-32)44(46)47)40(4,5)23-11-24-41(35,42)6/h8-10,12-13,15-19,29-30,34-35,37-38,46-47H,11,14,20-28H2,1-7H3. The van der Waals surface area contributed by atoms with Crippen molar-refractivity contribution in [3.05, 3.63) is 71.8 Å². The molecule has 0 aliphatic heterocycles. The van der Waals surface area contributed by atoms with Gasteiger partial charge in [-0.25, -0.2) is 0 Å². The number of carbonyl (C=O) groups is 1. The summed E-state index contributed by atoms with van der Waals surface area (Å²) < 4.78 is 6.25. The molecule has 4 nitrogen and oxygen atoms in total. The quantitative estimate of drug-likeness (QED) is 0.241. The van der Waals surface area contributed by atoms with Gasteiger partial charge in [-0.3, -0.25) is 4.79 Å². The molecule has 2 N–H and O–H groups in total. The average Bonchev–Trinajstić information content (AvgIpc) is 3.46. The number of hydrogen-bond donors (Lipinski definition) is 2. The van der Waals surface area contributed by atoms with E-state index in [9.17, 15) is 14.8 Å². The first-order valence-electron chi connectivity index (χ1n) is 19.1. The second-order valence-corrected chi connectivity index (χ2v) is 17.9. The van der Waals surface area contributed by atoms with Gasteiger partial charge in [0.1, 0.15) is 6.61 Å². The van der Waals surface area contributed by atoms with Crippen LogP contribution in [0.1, 0.15) is 124 Å². The van der Waals surface area contributed by atoms with Crippen LogP contribution in [0.2, 0.25) is 0 Å². The molecule has 8 atom stereocenters. The van der Waals surface area contributed by atoms with Crippen molar-refractivity contribution >= 4 is 24.1 Å². The van der Waals surface area contributed by atoms with E-state index in [-0.39, 0.29) is 27.6 Å². The molecule has 0 saturated heterocycles. The molecular formula is C43H61BO4. The second kappa shape index (κ2) is 13.4. The summed E-state index contributed by atoms with van der Waals surface area (Å²) in [4.78, 5) is 14.3. The van der Waals surface area contributed by atoms with Crippen molar-refractivity contribution in [1.82, 2.24) is 0 Å². The van der Waals surface area contributed by atoms with E-state index in [2.05, 4.69) is 78.8 Å². The molecule has 0 aromatic heterocycles. The van der Waals surface area contributed by atoms with Crippen LogP contribution in [-0.2, 0) is 16.1 Å². The topological polar surface area (TPSA) is 66.8 Å². The minimum absolute atomic E-state index is 0.00958. The van der Waals surface area contributed by atoms with Crippen molar-refractivity contribution in [1.29, 1.82) is 0 Å². The van der Waals surface area contributed by atoms with Crippen molar-refractivity contribution < 1.29 is 19.6 Å². The van der Waals surface area contributed by atoms with Gasteiger partial charge in [-0.05, 0) is 132 Å². The summed E-state index contributed by atoms with van der Waals surface area (Å²) in [6.07, 6.45) is 13.8. The summed E-state index contributed by atoms with van der Waals surface area (Å²) in [7, 11) is -1.44. The number of rotatable bonds is 6. The molecule has 4 aliphatic rings. The van der Waals surface area contributed by atoms with Crippen LogP contribution < -0.4 is 5.46 Å². The predicted molar refractivity (Wildman–Crippen MR) is 197 cm³/mol. The minimum atomic E-state index is -1.44. The number of hydrogen-bond acceptors (Lipinski definition) is 4. The Kier molecular flexibility index (Phi) is 9.90. The van der Waals surface area contributed by atoms with Crippen LogP contribution >= 0.6 is 0 Å². The molecule has 0 bridgehead atoms. The van der Waals surface area contributed by atoms with E-state index >= 15 is 0 Å². The zero-order valence-corrected chi connectivity index (χ0v) is 30.8. The molecule has 260 valence electrons. The van der Waals surface area contributed by atoms with Gasteiger partial charge in [-0.2, -0.15) is 0 Å². The van der Waals surface area contributed by atoms with Gasteiger partial charge in [0.25, 0.3) is 0 Å². The van der Waals surface area contributed by atoms with E-state index in [0.717, 1.165) is 44.1 Å². The molecule has 5 heteroatoms. The Morgan fingerprint density at radius 2 is 1.52 bits per heavy atom. The van der Waals surface area contributed by atoms with Gasteiger partial charge >= 0.3 is 13.1 Å². The first kappa shape index (κ1) is 35.5. The third-order valence-corrected chi connectivity index (χ3v) is 14.9. The number of esters is 1. The zero-order valence-electron chi connectivity index (χ0n) is 30.8. The lowest BCUT2D eigenvalue weighted by Crippen LogP contribution is -2.61. The van der Waals surface area contributed by atoms with Crippen molar-refractivity contribution in [2.24, 2.45) is 57.2 Å². The highest BCUT2D eigenvalue weighted by Crippen LogP contribution is 2.73. The molecule has 0 spiro atoms. The highest BCUT2D eigenvalue weighted by atomic mass is 16.5. The van der Waals surface area contributed by atoms with E-state index in [0.29, 0.717) is 47.6 Å². The smallest absolute Gasteiger partial charge is 0.460 e. The van der Waals surface area contributed by atoms with Crippen molar-refractivity contribution in [2.75, 3.05) is 0 Å². The number of benzene rings is 2. The number of allylic oxidation sites excluding steroid dienone is 2. The van der Waals surface area contributed by atoms with E-state index in [4.69, 9.17) is 4.74 Å². The fourth-order valence-corrected chi connectivity index (χ4v) is 12.0. The van der Waals surface area contributed by atoms with Gasteiger partial charge in [-0.1, -0.05) is 116 Å². The fraction of sp³-hybridized carbons (Fsp3) is 0.651. The Morgan fingerprint density at radius 3 is 2.19 bits per heavy atom. The molecule has 48 heavy (non-hydrogen) atoms. The molecule has 0 heterocycles. The van der Waals surface area contributed by atoms with Gasteiger partial charge in [0.2, 0.25) is 0 Å². The second-order valence-electron chi connectivity index (χ2n) is 17.9. The van der Waals surface area contributed by atoms with Gasteiger partial charge in [-0.15, -0.1) is 0 Å². The van der Waals surface area contributed by atoms with Crippen LogP contribution in [0.5, 0.6) is 0 Å². The van der Waals surface area contributed by atoms with E-state index in [1.165, 1.54) is 36.8 Å². The van der Waals surface area contributed by atoms with Crippen LogP contribution in [0.15, 0.2) is 60.7 Å². The van der Waals surface area contributed by atoms with Crippen LogP contribution in [0.25, 0.3) is 5.57 Å². The Hall–Kier alpha value is -2.37. The molecule has 4 aliphatic carbocycles. The number of ether oxygens (including phenoxy) is 1. The summed E-state index contributed by atoms with van der Waals surface area (Å²) >= 11 is 0. The Morgan fingerprint density at radius 1 is 0.854 bits per heavy atom. The van der Waals surface area contributed by atoms with Crippen LogP contribution in [0, 0.1) is 57.2 Å². The van der Waals surface area contributed by atoms with E-state index in [1.54, 1.807) is 0 Å². The zero-order chi connectivity index (χ0) is 34.5. The number of fused-ring (bicyclic) bond motifs is 5. The maximum absolute atomic E-state index is 14.3. The third kappa shape index (κ3) is 6.04. The maximum Gasteiger partial charge on any atom is 0.488 e. The lowest BCUT2D eigenvalue weighted by atomic mass is 9.38. The summed E-state index contributed by atoms with van der Waals surface area (Å²) in [6.45, 7) is 17.8. The van der Waals surface area contributed by atoms with Gasteiger partial charge in [0.15, 0.2) is 0 Å². The summed E-state index contributed by atoms with van der Waals surface area (Å²) in [5.74, 6) is 3.34. The molecule has 3 fully saturated rings. The molecule has 2 aromatic rings. The van der Waals surface area contributed by atoms with Gasteiger partial charge in [0.05, 0.1) is 5.41 Å². The van der Waals surface area contributed by atoms with E-state index < -0.39 is 7.12 Å². The third-order valence-electron chi connectivity index (χ3n) is 14.9. The van der Waals surface area contributed by atoms with Gasteiger partial charge < -0.3 is 14.8 Å². The largest absolute Gasteiger partial charge is 0.488 e. The summed E-state index contributed by atoms with van der Waals surface area (Å²) in [5.41, 5.74) is 4.25. The highest BCUT2D eigenvalue weighted by molar-refractivity contribution is 6.58. The monoisotopic (exact) mass is 652 g/mol. The van der Waals surface area contributed by atoms with Crippen LogP contribution in [0.4, 0.5) is 0 Å². The summed E-state index contributed by atoms with van der Waals surface area (Å²) in [6, 6.07) is 18.0. The molecule has 2 aromatic carbocycles. The SMILES string of the molecule is CC(C)C1CCC2(C(=O)OCc3ccccc3)CCC3(C)C(CCC4C(C)CC=C(c5ccc(B(O)O)cc5)C(C)(C)CCCC43C)C12. The Bertz CT molecular complexity index is 1460. The van der Waals surface area contributed by atoms with Crippen molar-refractivity contribution in [2.45, 2.75) is 119 Å². The lowest BCUT2D eigenvalue weighted by molar-refractivity contribution is -0.199. The molecule has 0 amide bonds. The molecule has 3 saturated carbocycles. The average molecular weight is 653 g/mol. The van der Waals surface area contributed by atoms with Gasteiger partial charge in [0, 0.05) is 0 Å². The Balaban J connectivity index is 1.30. The Labute approximate surface area is 291 Å². The minimum Gasteiger partial charge on any atom is -0.460 e. The highest BCUT2D eigenvalue weighted by Gasteiger charge is 2.68. The lowest BCUT2D eigenvalue weighted by Gasteiger charge is -2.66. The first-order chi connectivity index (χ1) is 22.7. The van der Waals surface area contributed by atoms with Crippen molar-refractivity contribution in [3.63, 3.8) is 0 Å². The van der Waals surface area contributed by atoms with E-state index in [1.807, 2.05) is 30.3 Å². The molecule has 0 radical (unpaired) electrons. The normalized spacial score (nSPS) is 36.3. The predicted octanol–water partition coefficient (Wildman–Crippen LogP) is 9.23. The van der Waals surface area contributed by atoms with Crippen LogP contribution in [0.3, 0.4) is 0 Å². The maximum atomic E-state index is 14.3. The van der Waals surface area contributed by atoms with Crippen LogP contribution in [-0.4, -0.2) is 23.1 Å². The fourth-order valence-electron chi connectivity index (χ4n) is 12.0. The summed E-state index contributed by atoms with van der Waals surface area (Å²) in [5, 5.41) is 19.3. The molecular weight excluding hydrogens is 591 g/mol. The number of carbonyl (C=O) groups excluding carboxylic acids is 1.